The second-order valence-electron chi connectivity index (χ2n) is 21.1. The van der Waals surface area contributed by atoms with E-state index in [1.54, 1.807) is 6.92 Å². The molecule has 7 fully saturated rings. The molecule has 8 aliphatic rings. The Bertz CT molecular complexity index is 1470. The van der Waals surface area contributed by atoms with Gasteiger partial charge in [-0.05, 0) is 91.8 Å². The molecule has 2 bridgehead atoms. The Labute approximate surface area is 320 Å². The Balaban J connectivity index is 1.03. The molecular formula is C42H68O12. The van der Waals surface area contributed by atoms with E-state index in [9.17, 15) is 35.7 Å². The molecule has 20 atom stereocenters. The molecule has 308 valence electrons. The zero-order valence-electron chi connectivity index (χ0n) is 33.6. The van der Waals surface area contributed by atoms with Crippen LogP contribution in [0.15, 0.2) is 12.2 Å². The SMILES string of the molecule is C[C@H]1O[C@@H](O[C@H]2CC[C@@]3(C)[C@H](CC[C@]4(C)[C@@H]3C=C[C@]35OC[C@@]6(CCC(C)(C)C[C@H]63)[C@@H](O)C[C@]54C)C2(C)C)[C@H](O)[C@@H](O[C@@H]2O[C@H](CO)[C@@H](O)[C@H](O)[C@H]2O)[C@H]1O. The molecule has 0 aromatic heterocycles. The van der Waals surface area contributed by atoms with Crippen molar-refractivity contribution in [3.8, 4) is 0 Å². The first-order valence-corrected chi connectivity index (χ1v) is 20.8. The van der Waals surface area contributed by atoms with Crippen LogP contribution in [0.1, 0.15) is 107 Å². The number of aliphatic hydroxyl groups excluding tert-OH is 7. The molecule has 0 aromatic rings. The lowest BCUT2D eigenvalue weighted by Gasteiger charge is -2.73. The molecule has 0 amide bonds. The lowest BCUT2D eigenvalue weighted by atomic mass is 9.32. The van der Waals surface area contributed by atoms with Gasteiger partial charge in [-0.15, -0.1) is 0 Å². The number of allylic oxidation sites excluding steroid dienone is 1. The molecule has 7 N–H and O–H groups in total. The summed E-state index contributed by atoms with van der Waals surface area (Å²) in [5.74, 6) is 0.835. The molecule has 0 radical (unpaired) electrons. The van der Waals surface area contributed by atoms with E-state index in [0.29, 0.717) is 12.5 Å². The molecule has 8 rings (SSSR count). The first-order chi connectivity index (χ1) is 25.1. The largest absolute Gasteiger partial charge is 0.394 e. The van der Waals surface area contributed by atoms with Gasteiger partial charge in [0.25, 0.3) is 0 Å². The summed E-state index contributed by atoms with van der Waals surface area (Å²) in [5.41, 5.74) is -1.08. The second kappa shape index (κ2) is 12.9. The second-order valence-corrected chi connectivity index (χ2v) is 21.1. The summed E-state index contributed by atoms with van der Waals surface area (Å²) in [6.07, 6.45) is -1.83. The molecule has 0 aromatic carbocycles. The van der Waals surface area contributed by atoms with Crippen molar-refractivity contribution in [2.45, 2.75) is 186 Å². The standard InChI is InChI=1S/C42H68O12/c1-21-28(45)33(54-34-31(48)30(47)29(46)22(19-43)52-34)32(49)35(51-21)53-27-11-12-38(6)23(37(27,4)5)9-13-39(7)24(38)10-14-42-25-17-36(2,3)15-16-41(25,20-50-42)26(44)18-40(39,42)8/h10,14,21-35,43-49H,9,11-13,15-20H2,1-8H3/t21-,22-,23-,24-,25-,26+,27+,28+,29-,30+,31-,32-,33+,34+,35+,38+,39-,40+,41-,42+/m1/s1. The maximum Gasteiger partial charge on any atom is 0.187 e. The summed E-state index contributed by atoms with van der Waals surface area (Å²) >= 11 is 0. The maximum absolute atomic E-state index is 12.1. The van der Waals surface area contributed by atoms with Gasteiger partial charge in [0.15, 0.2) is 12.6 Å². The number of fused-ring (bicyclic) bond motifs is 4. The third-order valence-electron chi connectivity index (χ3n) is 17.8. The highest BCUT2D eigenvalue weighted by Crippen LogP contribution is 2.79. The monoisotopic (exact) mass is 764 g/mol. The number of hydrogen-bond donors (Lipinski definition) is 7. The van der Waals surface area contributed by atoms with Crippen LogP contribution >= 0.6 is 0 Å². The third kappa shape index (κ3) is 5.24. The van der Waals surface area contributed by atoms with Crippen molar-refractivity contribution in [1.29, 1.82) is 0 Å². The summed E-state index contributed by atoms with van der Waals surface area (Å²) in [6, 6.07) is 0. The Morgan fingerprint density at radius 1 is 0.722 bits per heavy atom. The number of rotatable bonds is 5. The van der Waals surface area contributed by atoms with E-state index < -0.39 is 73.6 Å². The van der Waals surface area contributed by atoms with Crippen molar-refractivity contribution in [2.24, 2.45) is 50.2 Å². The van der Waals surface area contributed by atoms with Crippen molar-refractivity contribution in [2.75, 3.05) is 13.2 Å². The highest BCUT2D eigenvalue weighted by molar-refractivity contribution is 5.36. The molecular weight excluding hydrogens is 696 g/mol. The topological polar surface area (TPSA) is 188 Å². The molecule has 4 saturated carbocycles. The van der Waals surface area contributed by atoms with Crippen LogP contribution in [0.5, 0.6) is 0 Å². The summed E-state index contributed by atoms with van der Waals surface area (Å²) < 4.78 is 31.4. The van der Waals surface area contributed by atoms with Crippen molar-refractivity contribution >= 4 is 0 Å². The highest BCUT2D eigenvalue weighted by Gasteiger charge is 2.79. The van der Waals surface area contributed by atoms with Gasteiger partial charge in [-0.3, -0.25) is 0 Å². The zero-order valence-corrected chi connectivity index (χ0v) is 33.6. The Morgan fingerprint density at radius 3 is 2.13 bits per heavy atom. The Morgan fingerprint density at radius 2 is 1.43 bits per heavy atom. The van der Waals surface area contributed by atoms with Gasteiger partial charge < -0.3 is 59.4 Å². The normalized spacial score (nSPS) is 58.8. The molecule has 3 heterocycles. The van der Waals surface area contributed by atoms with Gasteiger partial charge in [0.1, 0.15) is 42.7 Å². The molecule has 3 saturated heterocycles. The van der Waals surface area contributed by atoms with Crippen molar-refractivity contribution in [1.82, 2.24) is 0 Å². The van der Waals surface area contributed by atoms with Crippen LogP contribution < -0.4 is 0 Å². The van der Waals surface area contributed by atoms with Crippen LogP contribution in [0.25, 0.3) is 0 Å². The third-order valence-corrected chi connectivity index (χ3v) is 17.8. The molecule has 12 heteroatoms. The predicted octanol–water partition coefficient (Wildman–Crippen LogP) is 2.80. The zero-order chi connectivity index (χ0) is 39.2. The Hall–Kier alpha value is -0.740. The van der Waals surface area contributed by atoms with Gasteiger partial charge in [0, 0.05) is 16.7 Å². The minimum absolute atomic E-state index is 0.0638. The van der Waals surface area contributed by atoms with Gasteiger partial charge in [0.2, 0.25) is 0 Å². The predicted molar refractivity (Wildman–Crippen MR) is 195 cm³/mol. The van der Waals surface area contributed by atoms with Crippen molar-refractivity contribution < 1.29 is 59.4 Å². The van der Waals surface area contributed by atoms with E-state index in [0.717, 1.165) is 51.4 Å². The number of aliphatic hydroxyl groups is 7. The van der Waals surface area contributed by atoms with Crippen LogP contribution in [-0.2, 0) is 23.7 Å². The average Bonchev–Trinajstić information content (AvgIpc) is 3.38. The van der Waals surface area contributed by atoms with E-state index in [-0.39, 0.29) is 56.5 Å². The quantitative estimate of drug-likeness (QED) is 0.161. The fourth-order valence-corrected chi connectivity index (χ4v) is 14.3. The molecule has 5 aliphatic carbocycles. The Kier molecular flexibility index (Phi) is 9.55. The summed E-state index contributed by atoms with van der Waals surface area (Å²) in [7, 11) is 0. The van der Waals surface area contributed by atoms with Crippen molar-refractivity contribution in [3.63, 3.8) is 0 Å². The minimum Gasteiger partial charge on any atom is -0.394 e. The average molecular weight is 765 g/mol. The van der Waals surface area contributed by atoms with Crippen LogP contribution in [0.3, 0.4) is 0 Å². The lowest BCUT2D eigenvalue weighted by Crippen LogP contribution is -2.72. The lowest BCUT2D eigenvalue weighted by molar-refractivity contribution is -0.366. The van der Waals surface area contributed by atoms with Gasteiger partial charge in [-0.25, -0.2) is 0 Å². The smallest absolute Gasteiger partial charge is 0.187 e. The van der Waals surface area contributed by atoms with Crippen LogP contribution in [0, 0.1) is 50.2 Å². The molecule has 1 spiro atoms. The first kappa shape index (κ1) is 40.1. The van der Waals surface area contributed by atoms with Crippen LogP contribution in [0.2, 0.25) is 0 Å². The minimum atomic E-state index is -1.69. The van der Waals surface area contributed by atoms with Gasteiger partial charge in [0.05, 0.1) is 37.1 Å². The van der Waals surface area contributed by atoms with Crippen LogP contribution in [0.4, 0.5) is 0 Å². The fraction of sp³-hybridized carbons (Fsp3) is 0.952. The summed E-state index contributed by atoms with van der Waals surface area (Å²) in [6.45, 7) is 18.3. The van der Waals surface area contributed by atoms with E-state index >= 15 is 0 Å². The summed E-state index contributed by atoms with van der Waals surface area (Å²) in [5, 5.41) is 75.6. The molecule has 12 nitrogen and oxygen atoms in total. The maximum atomic E-state index is 12.1. The summed E-state index contributed by atoms with van der Waals surface area (Å²) in [4.78, 5) is 0. The van der Waals surface area contributed by atoms with Gasteiger partial charge in [-0.2, -0.15) is 0 Å². The van der Waals surface area contributed by atoms with Gasteiger partial charge >= 0.3 is 0 Å². The van der Waals surface area contributed by atoms with Crippen LogP contribution in [-0.4, -0.2) is 128 Å². The van der Waals surface area contributed by atoms with Crippen molar-refractivity contribution in [3.05, 3.63) is 12.2 Å². The van der Waals surface area contributed by atoms with E-state index in [1.165, 1.54) is 0 Å². The number of hydrogen-bond acceptors (Lipinski definition) is 12. The van der Waals surface area contributed by atoms with E-state index in [1.807, 2.05) is 0 Å². The highest BCUT2D eigenvalue weighted by atomic mass is 16.7. The van der Waals surface area contributed by atoms with Gasteiger partial charge in [-0.1, -0.05) is 60.6 Å². The molecule has 54 heavy (non-hydrogen) atoms. The number of ether oxygens (including phenoxy) is 5. The van der Waals surface area contributed by atoms with E-state index in [4.69, 9.17) is 23.7 Å². The molecule has 3 aliphatic heterocycles. The molecule has 0 unspecified atom stereocenters. The van der Waals surface area contributed by atoms with E-state index in [2.05, 4.69) is 60.6 Å². The first-order valence-electron chi connectivity index (χ1n) is 20.8. The fourth-order valence-electron chi connectivity index (χ4n) is 14.3.